The van der Waals surface area contributed by atoms with Gasteiger partial charge >= 0.3 is 18.0 Å². The first-order valence-corrected chi connectivity index (χ1v) is 39.7. The van der Waals surface area contributed by atoms with Crippen LogP contribution in [0.5, 0.6) is 75.5 Å². The monoisotopic (exact) mass is 1670 g/mol. The molecular formula is C107H96N8O11. The summed E-state index contributed by atoms with van der Waals surface area (Å²) in [5.74, 6) is 6.02. The third kappa shape index (κ3) is 24.5. The molecule has 0 radical (unpaired) electrons. The Kier molecular flexibility index (Phi) is 32.1. The standard InChI is InChI=1S/C51H45N5O5.C20H19NO2.C18H15NO2.C17H13NO2.CH4/c1-34-8-10-35(11-9-34)49(2,3)38-16-26-43(27-17-38)59-46-54-47(60-44-28-18-39(19-29-44)50(4,5)36-12-22-41(23-13-36)53-33-57)56-48(55-46)61-45-30-20-40(21-31-45)51(6,7)37-14-24-42(25-15-37)58-32-52;1-6-22-19-13(2)7-17(8-14(19)3)11-18-9-15(4)20(23-12-21)16(5)10-18;1-4-20-16-9-5-14(6-10-16)18(2,3)15-7-11-17(12-8-15)21-13-19;1-3-19-16-8-4-14(5-9-16)13(2)15-6-10-17(11-7-15)20-12-18;/h8-31H,1-7H3;1,7-10H,11H2,2-5H3;1,5-12H,2-3H3;1,4-11,13H,2H3;1H4. The molecule has 0 N–H and O–H groups in total. The van der Waals surface area contributed by atoms with Gasteiger partial charge in [0.1, 0.15) is 75.8 Å². The number of aliphatic imine (C=N–C) groups is 1. The Labute approximate surface area is 738 Å². The van der Waals surface area contributed by atoms with Crippen molar-refractivity contribution in [1.82, 2.24) is 15.0 Å². The zero-order valence-electron chi connectivity index (χ0n) is 72.0. The molecule has 630 valence electrons. The first-order chi connectivity index (χ1) is 60.0. The van der Waals surface area contributed by atoms with Crippen LogP contribution in [0.15, 0.2) is 272 Å². The molecule has 0 spiro atoms. The highest BCUT2D eigenvalue weighted by Gasteiger charge is 2.28. The Morgan fingerprint density at radius 1 is 0.325 bits per heavy atom. The Morgan fingerprint density at radius 2 is 0.556 bits per heavy atom. The number of aryl methyl sites for hydroxylation is 5. The van der Waals surface area contributed by atoms with Crippen molar-refractivity contribution in [3.05, 3.63) is 361 Å². The van der Waals surface area contributed by atoms with Crippen LogP contribution in [0.2, 0.25) is 0 Å². The first kappa shape index (κ1) is 93.5. The summed E-state index contributed by atoms with van der Waals surface area (Å²) in [6.45, 7) is 29.2. The summed E-state index contributed by atoms with van der Waals surface area (Å²) in [6, 6.07) is 85.3. The van der Waals surface area contributed by atoms with E-state index >= 15 is 0 Å². The van der Waals surface area contributed by atoms with Crippen molar-refractivity contribution < 1.29 is 52.2 Å². The fourth-order valence-corrected chi connectivity index (χ4v) is 14.1. The second kappa shape index (κ2) is 43.2. The molecule has 0 aliphatic carbocycles. The van der Waals surface area contributed by atoms with Gasteiger partial charge in [-0.15, -0.1) is 36.0 Å². The molecule has 1 heterocycles. The fourth-order valence-electron chi connectivity index (χ4n) is 14.1. The molecule has 13 rings (SSSR count). The molecule has 12 aromatic carbocycles. The van der Waals surface area contributed by atoms with Gasteiger partial charge in [-0.25, -0.2) is 4.79 Å². The van der Waals surface area contributed by atoms with Crippen molar-refractivity contribution >= 4 is 11.8 Å². The molecule has 0 fully saturated rings. The Hall–Kier alpha value is -16.3. The Balaban J connectivity index is 0.000000224. The third-order valence-corrected chi connectivity index (χ3v) is 21.6. The van der Waals surface area contributed by atoms with Crippen LogP contribution in [0.1, 0.15) is 170 Å². The molecule has 1 unspecified atom stereocenters. The number of hydrogen-bond donors (Lipinski definition) is 0. The van der Waals surface area contributed by atoms with Crippen molar-refractivity contribution in [2.45, 2.75) is 138 Å². The Bertz CT molecular complexity index is 6000. The van der Waals surface area contributed by atoms with Gasteiger partial charge in [-0.1, -0.05) is 252 Å². The highest BCUT2D eigenvalue weighted by molar-refractivity contribution is 5.54. The number of ether oxygens (including phenoxy) is 10. The topological polar surface area (TPSA) is 256 Å². The summed E-state index contributed by atoms with van der Waals surface area (Å²) < 4.78 is 53.4. The smallest absolute Gasteiger partial charge is 0.331 e. The molecule has 19 nitrogen and oxygen atoms in total. The van der Waals surface area contributed by atoms with Crippen LogP contribution >= 0.6 is 0 Å². The van der Waals surface area contributed by atoms with Crippen molar-refractivity contribution in [2.75, 3.05) is 0 Å². The number of isocyanates is 1. The average Bonchev–Trinajstić information content (AvgIpc) is 0.803. The highest BCUT2D eigenvalue weighted by Crippen LogP contribution is 2.40. The van der Waals surface area contributed by atoms with Gasteiger partial charge in [0.25, 0.3) is 25.0 Å². The molecule has 0 bridgehead atoms. The van der Waals surface area contributed by atoms with Crippen molar-refractivity contribution in [3.8, 4) is 138 Å². The van der Waals surface area contributed by atoms with E-state index in [1.165, 1.54) is 22.3 Å². The maximum Gasteiger partial charge on any atom is 0.331 e. The zero-order chi connectivity index (χ0) is 89.9. The lowest BCUT2D eigenvalue weighted by atomic mass is 9.78. The number of hydrogen-bond acceptors (Lipinski definition) is 19. The predicted molar refractivity (Wildman–Crippen MR) is 488 cm³/mol. The molecule has 19 heteroatoms. The lowest BCUT2D eigenvalue weighted by molar-refractivity contribution is 0.362. The van der Waals surface area contributed by atoms with Gasteiger partial charge in [-0.05, 0) is 239 Å². The minimum atomic E-state index is -0.357. The van der Waals surface area contributed by atoms with Crippen molar-refractivity contribution in [3.63, 3.8) is 0 Å². The maximum absolute atomic E-state index is 10.7. The van der Waals surface area contributed by atoms with E-state index in [4.69, 9.17) is 87.7 Å². The minimum Gasteiger partial charge on any atom is -0.424 e. The summed E-state index contributed by atoms with van der Waals surface area (Å²) in [4.78, 5) is 28.0. The number of aromatic nitrogens is 3. The molecule has 13 aromatic rings. The van der Waals surface area contributed by atoms with Gasteiger partial charge in [0, 0.05) is 27.6 Å². The number of benzene rings is 12. The third-order valence-electron chi connectivity index (χ3n) is 21.6. The van der Waals surface area contributed by atoms with E-state index < -0.39 is 0 Å². The molecule has 0 aliphatic rings. The molecule has 1 atom stereocenters. The summed E-state index contributed by atoms with van der Waals surface area (Å²) in [5.41, 5.74) is 18.1. The number of rotatable bonds is 26. The van der Waals surface area contributed by atoms with E-state index in [0.717, 1.165) is 84.5 Å². The molecule has 0 aliphatic heterocycles. The largest absolute Gasteiger partial charge is 0.424 e. The molecule has 0 amide bonds. The van der Waals surface area contributed by atoms with Gasteiger partial charge in [0.05, 0.1) is 5.69 Å². The van der Waals surface area contributed by atoms with Gasteiger partial charge in [-0.2, -0.15) is 4.99 Å². The highest BCUT2D eigenvalue weighted by atomic mass is 16.5. The first-order valence-electron chi connectivity index (χ1n) is 39.7. The average molecular weight is 1670 g/mol. The number of carbonyl (C=O) groups excluding carboxylic acids is 1. The van der Waals surface area contributed by atoms with Gasteiger partial charge in [-0.3, -0.25) is 0 Å². The quantitative estimate of drug-likeness (QED) is 0.0211. The maximum atomic E-state index is 10.7. The van der Waals surface area contributed by atoms with Gasteiger partial charge < -0.3 is 47.4 Å². The molecule has 1 aromatic heterocycles. The molecule has 126 heavy (non-hydrogen) atoms. The van der Waals surface area contributed by atoms with Crippen molar-refractivity contribution in [1.29, 1.82) is 21.0 Å². The zero-order valence-corrected chi connectivity index (χ0v) is 72.0. The van der Waals surface area contributed by atoms with E-state index in [0.29, 0.717) is 57.4 Å². The van der Waals surface area contributed by atoms with Crippen LogP contribution in [0.4, 0.5) is 5.69 Å². The van der Waals surface area contributed by atoms with Crippen LogP contribution in [0.25, 0.3) is 0 Å². The van der Waals surface area contributed by atoms with E-state index in [9.17, 15) is 4.79 Å². The summed E-state index contributed by atoms with van der Waals surface area (Å²) in [5, 5.41) is 34.5. The fraction of sp³-hybridized carbons (Fsp3) is 0.196. The normalized spacial score (nSPS) is 10.8. The van der Waals surface area contributed by atoms with E-state index in [-0.39, 0.29) is 53.0 Å². The summed E-state index contributed by atoms with van der Waals surface area (Å²) in [7, 11) is 0. The number of nitriles is 4. The van der Waals surface area contributed by atoms with E-state index in [1.807, 2.05) is 198 Å². The van der Waals surface area contributed by atoms with Crippen LogP contribution in [-0.4, -0.2) is 21.0 Å². The second-order valence-electron chi connectivity index (χ2n) is 31.3. The number of terminal acetylenes is 3. The minimum absolute atomic E-state index is 0. The van der Waals surface area contributed by atoms with Crippen molar-refractivity contribution in [2.24, 2.45) is 4.99 Å². The van der Waals surface area contributed by atoms with E-state index in [1.54, 1.807) is 79.6 Å². The number of nitrogens with zero attached hydrogens (tertiary/aromatic N) is 8. The van der Waals surface area contributed by atoms with Gasteiger partial charge in [0.15, 0.2) is 0 Å². The van der Waals surface area contributed by atoms with Crippen LogP contribution in [0.3, 0.4) is 0 Å². The SMILES string of the molecule is C.C#COc1c(C)cc(Cc2cc(C)c(OC#N)c(C)c2)cc1C.C#COc1ccc(C(C)(C)c2ccc(OC#N)cc2)cc1.C#COc1ccc(C(C)c2ccc(OC#N)cc2)cc1.Cc1ccc(C(C)(C)c2ccc(Oc3nc(Oc4ccc(C(C)(C)c5ccc(N=C=O)cc5)cc4)nc(Oc4ccc(C(C)(C)c5ccc(OC#N)cc5)cc4)n3)cc2)cc1. The van der Waals surface area contributed by atoms with Crippen LogP contribution < -0.4 is 47.4 Å². The predicted octanol–water partition coefficient (Wildman–Crippen LogP) is 24.8. The lowest BCUT2D eigenvalue weighted by Gasteiger charge is -2.26. The molecule has 0 saturated carbocycles. The van der Waals surface area contributed by atoms with Gasteiger partial charge in [0.2, 0.25) is 6.08 Å². The van der Waals surface area contributed by atoms with Crippen LogP contribution in [-0.2, 0) is 32.9 Å². The Morgan fingerprint density at radius 3 is 0.810 bits per heavy atom. The lowest BCUT2D eigenvalue weighted by Crippen LogP contribution is -2.18. The molecule has 0 saturated heterocycles. The summed E-state index contributed by atoms with van der Waals surface area (Å²) >= 11 is 0. The second-order valence-corrected chi connectivity index (χ2v) is 31.3. The van der Waals surface area contributed by atoms with Crippen LogP contribution in [0, 0.1) is 118 Å². The molecular weight excluding hydrogens is 1570 g/mol. The summed E-state index contributed by atoms with van der Waals surface area (Å²) in [6.07, 6.45) is 31.1. The van der Waals surface area contributed by atoms with E-state index in [2.05, 4.69) is 156 Å².